The van der Waals surface area contributed by atoms with Crippen molar-refractivity contribution in [2.75, 3.05) is 6.54 Å². The maximum atomic E-state index is 13.6. The van der Waals surface area contributed by atoms with Crippen LogP contribution in [-0.2, 0) is 26.6 Å². The van der Waals surface area contributed by atoms with Gasteiger partial charge in [-0.2, -0.15) is 43.2 Å². The normalized spacial score (nSPS) is 19.9. The first kappa shape index (κ1) is 28.2. The van der Waals surface area contributed by atoms with E-state index in [9.17, 15) is 48.0 Å². The molecule has 0 saturated carbocycles. The Morgan fingerprint density at radius 2 is 1.73 bits per heavy atom. The third-order valence-electron chi connectivity index (χ3n) is 7.19. The number of benzene rings is 2. The molecule has 0 spiro atoms. The number of rotatable bonds is 4. The number of alkyl halides is 6. The predicted molar refractivity (Wildman–Crippen MR) is 127 cm³/mol. The molecule has 1 aliphatic carbocycles. The van der Waals surface area contributed by atoms with Crippen LogP contribution < -0.4 is 4.18 Å². The zero-order valence-electron chi connectivity index (χ0n) is 20.3. The number of hydrogen-bond acceptors (Lipinski definition) is 7. The standard InChI is InChI=1S/C23H19F6N3O6S2/c1-12-19(38-40(36,37)23(27,28)29)7-5-13-9-17-15(20(12)13)3-2-8-31(17)21(33)14-4-6-16-18(10-14)32(11-30-16)39(34,35)22(24,25)26/h4-7,10-11,15,17H,2-3,8-9H2,1H3/t15-,17-/m1/s1. The number of piperidine rings is 1. The zero-order valence-corrected chi connectivity index (χ0v) is 22.0. The summed E-state index contributed by atoms with van der Waals surface area (Å²) in [6, 6.07) is 5.63. The van der Waals surface area contributed by atoms with Gasteiger partial charge in [0, 0.05) is 24.1 Å². The Morgan fingerprint density at radius 3 is 2.38 bits per heavy atom. The molecule has 9 nitrogen and oxygen atoms in total. The van der Waals surface area contributed by atoms with Crippen LogP contribution >= 0.6 is 0 Å². The van der Waals surface area contributed by atoms with E-state index in [0.29, 0.717) is 36.7 Å². The number of fused-ring (bicyclic) bond motifs is 4. The molecule has 2 aliphatic rings. The molecule has 17 heteroatoms. The SMILES string of the molecule is Cc1c(OS(=O)(=O)C(F)(F)F)ccc2c1[C@@H]1CCCN(C(=O)c3ccc4ncn(S(=O)(=O)C(F)(F)F)c4c3)[C@@H]1C2. The van der Waals surface area contributed by atoms with Gasteiger partial charge in [-0.3, -0.25) is 4.79 Å². The number of nitrogens with zero attached hydrogens (tertiary/aromatic N) is 3. The van der Waals surface area contributed by atoms with Gasteiger partial charge in [-0.1, -0.05) is 6.07 Å². The first-order valence-corrected chi connectivity index (χ1v) is 14.5. The van der Waals surface area contributed by atoms with Gasteiger partial charge in [-0.15, -0.1) is 0 Å². The molecule has 1 amide bonds. The molecule has 216 valence electrons. The first-order chi connectivity index (χ1) is 18.4. The lowest BCUT2D eigenvalue weighted by Crippen LogP contribution is -2.46. The molecular formula is C23H19F6N3O6S2. The Hall–Kier alpha value is -3.34. The minimum absolute atomic E-state index is 0.0383. The first-order valence-electron chi connectivity index (χ1n) is 11.7. The Kier molecular flexibility index (Phi) is 6.41. The average Bonchev–Trinajstić information content (AvgIpc) is 3.45. The van der Waals surface area contributed by atoms with Gasteiger partial charge >= 0.3 is 31.2 Å². The largest absolute Gasteiger partial charge is 0.534 e. The van der Waals surface area contributed by atoms with E-state index in [2.05, 4.69) is 9.17 Å². The second-order valence-corrected chi connectivity index (χ2v) is 12.8. The lowest BCUT2D eigenvalue weighted by atomic mass is 9.86. The van der Waals surface area contributed by atoms with Crippen molar-refractivity contribution in [1.82, 2.24) is 13.9 Å². The highest BCUT2D eigenvalue weighted by Gasteiger charge is 2.50. The second kappa shape index (κ2) is 9.09. The topological polar surface area (TPSA) is 116 Å². The van der Waals surface area contributed by atoms with Gasteiger partial charge in [0.2, 0.25) is 0 Å². The van der Waals surface area contributed by atoms with Gasteiger partial charge in [0.25, 0.3) is 5.91 Å². The summed E-state index contributed by atoms with van der Waals surface area (Å²) in [5.74, 6) is -1.44. The summed E-state index contributed by atoms with van der Waals surface area (Å²) in [7, 11) is -11.7. The van der Waals surface area contributed by atoms with Gasteiger partial charge in [-0.25, -0.2) is 8.96 Å². The van der Waals surface area contributed by atoms with Crippen LogP contribution in [0.2, 0.25) is 0 Å². The maximum absolute atomic E-state index is 13.6. The molecule has 2 atom stereocenters. The van der Waals surface area contributed by atoms with E-state index < -0.39 is 54.4 Å². The smallest absolute Gasteiger partial charge is 0.376 e. The van der Waals surface area contributed by atoms with Gasteiger partial charge in [0.05, 0.1) is 11.0 Å². The van der Waals surface area contributed by atoms with Crippen molar-refractivity contribution < 1.29 is 52.2 Å². The Morgan fingerprint density at radius 1 is 1.02 bits per heavy atom. The Bertz CT molecular complexity index is 1750. The third-order valence-corrected chi connectivity index (χ3v) is 9.55. The van der Waals surface area contributed by atoms with E-state index in [4.69, 9.17) is 0 Å². The summed E-state index contributed by atoms with van der Waals surface area (Å²) >= 11 is 0. The second-order valence-electron chi connectivity index (χ2n) is 9.46. The summed E-state index contributed by atoms with van der Waals surface area (Å²) in [6.07, 6.45) is 1.81. The van der Waals surface area contributed by atoms with Gasteiger partial charge < -0.3 is 9.08 Å². The van der Waals surface area contributed by atoms with Crippen LogP contribution in [0, 0.1) is 6.92 Å². The predicted octanol–water partition coefficient (Wildman–Crippen LogP) is 4.22. The molecule has 3 aromatic rings. The minimum Gasteiger partial charge on any atom is -0.376 e. The van der Waals surface area contributed by atoms with E-state index >= 15 is 0 Å². The van der Waals surface area contributed by atoms with Gasteiger partial charge in [-0.05, 0) is 67.1 Å². The number of carbonyl (C=O) groups excluding carboxylic acids is 1. The number of carbonyl (C=O) groups is 1. The van der Waals surface area contributed by atoms with E-state index in [1.54, 1.807) is 0 Å². The summed E-state index contributed by atoms with van der Waals surface area (Å²) in [5.41, 5.74) is -10.4. The van der Waals surface area contributed by atoms with Gasteiger partial charge in [0.15, 0.2) is 0 Å². The van der Waals surface area contributed by atoms with Crippen LogP contribution in [0.1, 0.15) is 45.8 Å². The van der Waals surface area contributed by atoms with E-state index in [1.807, 2.05) is 0 Å². The van der Waals surface area contributed by atoms with E-state index in [1.165, 1.54) is 30.0 Å². The Balaban J connectivity index is 1.47. The molecule has 1 aliphatic heterocycles. The van der Waals surface area contributed by atoms with Crippen molar-refractivity contribution in [3.8, 4) is 5.75 Å². The van der Waals surface area contributed by atoms with Crippen LogP contribution in [0.15, 0.2) is 36.7 Å². The van der Waals surface area contributed by atoms with Crippen LogP contribution in [0.25, 0.3) is 11.0 Å². The third kappa shape index (κ3) is 4.38. The van der Waals surface area contributed by atoms with Crippen LogP contribution in [-0.4, -0.2) is 60.2 Å². The number of imidazole rings is 1. The lowest BCUT2D eigenvalue weighted by molar-refractivity contribution is -0.0500. The van der Waals surface area contributed by atoms with Crippen molar-refractivity contribution in [2.45, 2.75) is 49.2 Å². The molecule has 5 rings (SSSR count). The van der Waals surface area contributed by atoms with Crippen LogP contribution in [0.4, 0.5) is 26.3 Å². The quantitative estimate of drug-likeness (QED) is 0.247. The summed E-state index contributed by atoms with van der Waals surface area (Å²) in [4.78, 5) is 18.7. The number of halogens is 6. The summed E-state index contributed by atoms with van der Waals surface area (Å²) in [6.45, 7) is 1.69. The Labute approximate surface area is 223 Å². The molecule has 0 N–H and O–H groups in total. The summed E-state index contributed by atoms with van der Waals surface area (Å²) in [5, 5.41) is 0. The monoisotopic (exact) mass is 611 g/mol. The molecule has 0 radical (unpaired) electrons. The molecular weight excluding hydrogens is 592 g/mol. The van der Waals surface area contributed by atoms with Crippen molar-refractivity contribution in [3.05, 3.63) is 58.9 Å². The minimum atomic E-state index is -5.90. The van der Waals surface area contributed by atoms with E-state index in [-0.39, 0.29) is 33.1 Å². The van der Waals surface area contributed by atoms with E-state index in [0.717, 1.165) is 12.1 Å². The molecule has 0 bridgehead atoms. The van der Waals surface area contributed by atoms with Crippen molar-refractivity contribution in [3.63, 3.8) is 0 Å². The molecule has 2 aromatic carbocycles. The fourth-order valence-corrected chi connectivity index (χ4v) is 6.74. The molecule has 1 aromatic heterocycles. The molecule has 2 heterocycles. The number of hydrogen-bond donors (Lipinski definition) is 0. The number of likely N-dealkylation sites (tertiary alicyclic amines) is 1. The van der Waals surface area contributed by atoms with Crippen LogP contribution in [0.5, 0.6) is 5.75 Å². The highest BCUT2D eigenvalue weighted by molar-refractivity contribution is 7.91. The highest BCUT2D eigenvalue weighted by atomic mass is 32.2. The van der Waals surface area contributed by atoms with Crippen molar-refractivity contribution >= 4 is 37.1 Å². The highest BCUT2D eigenvalue weighted by Crippen LogP contribution is 2.46. The lowest BCUT2D eigenvalue weighted by Gasteiger charge is -2.38. The van der Waals surface area contributed by atoms with Crippen molar-refractivity contribution in [2.24, 2.45) is 0 Å². The van der Waals surface area contributed by atoms with Crippen molar-refractivity contribution in [1.29, 1.82) is 0 Å². The summed E-state index contributed by atoms with van der Waals surface area (Å²) < 4.78 is 129. The number of amides is 1. The molecule has 1 fully saturated rings. The number of aromatic nitrogens is 2. The average molecular weight is 612 g/mol. The van der Waals surface area contributed by atoms with Gasteiger partial charge in [0.1, 0.15) is 12.1 Å². The molecule has 1 saturated heterocycles. The fraction of sp³-hybridized carbons (Fsp3) is 0.391. The fourth-order valence-electron chi connectivity index (χ4n) is 5.43. The molecule has 40 heavy (non-hydrogen) atoms. The van der Waals surface area contributed by atoms with Crippen LogP contribution in [0.3, 0.4) is 0 Å². The molecule has 0 unspecified atom stereocenters. The maximum Gasteiger partial charge on any atom is 0.534 e. The zero-order chi connectivity index (χ0) is 29.4.